The van der Waals surface area contributed by atoms with Crippen molar-refractivity contribution in [2.75, 3.05) is 16.6 Å². The molecule has 1 atom stereocenters. The number of aryl methyl sites for hydroxylation is 1. The Balaban J connectivity index is 2.56. The van der Waals surface area contributed by atoms with Crippen LogP contribution in [0, 0.1) is 24.2 Å². The van der Waals surface area contributed by atoms with Gasteiger partial charge in [-0.05, 0) is 24.5 Å². The quantitative estimate of drug-likeness (QED) is 0.761. The molecule has 1 fully saturated rings. The monoisotopic (exact) mass is 250 g/mol. The predicted molar refractivity (Wildman–Crippen MR) is 66.2 cm³/mol. The Bertz CT molecular complexity index is 587. The molecule has 1 aliphatic heterocycles. The maximum Gasteiger partial charge on any atom is 0.235 e. The molecule has 4 nitrogen and oxygen atoms in total. The van der Waals surface area contributed by atoms with Gasteiger partial charge < -0.3 is 0 Å². The van der Waals surface area contributed by atoms with Gasteiger partial charge in [0.05, 0.1) is 17.0 Å². The van der Waals surface area contributed by atoms with Crippen LogP contribution in [0.5, 0.6) is 0 Å². The summed E-state index contributed by atoms with van der Waals surface area (Å²) in [6, 6.07) is 7.38. The molecule has 5 heteroatoms. The summed E-state index contributed by atoms with van der Waals surface area (Å²) in [5, 5.41) is 9.12. The summed E-state index contributed by atoms with van der Waals surface area (Å²) in [6.07, 6.45) is 0. The van der Waals surface area contributed by atoms with Gasteiger partial charge in [-0.3, -0.25) is 4.31 Å². The molecule has 0 N–H and O–H groups in total. The molecule has 0 aromatic heterocycles. The lowest BCUT2D eigenvalue weighted by molar-refractivity contribution is 0.598. The van der Waals surface area contributed by atoms with Crippen LogP contribution in [0.25, 0.3) is 0 Å². The summed E-state index contributed by atoms with van der Waals surface area (Å²) in [5.74, 6) is 0.262. The molecule has 0 spiro atoms. The van der Waals surface area contributed by atoms with Crippen molar-refractivity contribution in [2.24, 2.45) is 5.92 Å². The van der Waals surface area contributed by atoms with E-state index >= 15 is 0 Å². The largest absolute Gasteiger partial charge is 0.269 e. The molecular formula is C12H14N2O2S. The molecular weight excluding hydrogens is 236 g/mol. The fraction of sp³-hybridized carbons (Fsp3) is 0.417. The van der Waals surface area contributed by atoms with Crippen LogP contribution in [0.1, 0.15) is 18.1 Å². The van der Waals surface area contributed by atoms with Gasteiger partial charge in [0.25, 0.3) is 0 Å². The number of anilines is 1. The molecule has 0 aliphatic carbocycles. The molecule has 1 aromatic carbocycles. The van der Waals surface area contributed by atoms with Crippen LogP contribution in [0.4, 0.5) is 5.69 Å². The van der Waals surface area contributed by atoms with E-state index < -0.39 is 10.0 Å². The van der Waals surface area contributed by atoms with Crippen LogP contribution in [-0.4, -0.2) is 20.7 Å². The van der Waals surface area contributed by atoms with Gasteiger partial charge in [-0.2, -0.15) is 5.26 Å². The summed E-state index contributed by atoms with van der Waals surface area (Å²) >= 11 is 0. The topological polar surface area (TPSA) is 61.2 Å². The molecule has 0 bridgehead atoms. The maximum absolute atomic E-state index is 12.0. The molecule has 1 saturated heterocycles. The molecule has 0 radical (unpaired) electrons. The normalized spacial score (nSPS) is 22.4. The Hall–Kier alpha value is -1.54. The molecule has 1 heterocycles. The number of rotatable bonds is 1. The van der Waals surface area contributed by atoms with E-state index in [1.165, 1.54) is 4.31 Å². The average Bonchev–Trinajstić information content (AvgIpc) is 2.51. The van der Waals surface area contributed by atoms with Gasteiger partial charge in [-0.25, -0.2) is 8.42 Å². The van der Waals surface area contributed by atoms with Crippen molar-refractivity contribution < 1.29 is 8.42 Å². The highest BCUT2D eigenvalue weighted by molar-refractivity contribution is 7.93. The van der Waals surface area contributed by atoms with Crippen molar-refractivity contribution in [3.8, 4) is 6.07 Å². The first-order valence-electron chi connectivity index (χ1n) is 5.46. The van der Waals surface area contributed by atoms with Crippen molar-refractivity contribution >= 4 is 15.7 Å². The molecule has 1 aliphatic rings. The fourth-order valence-electron chi connectivity index (χ4n) is 2.15. The van der Waals surface area contributed by atoms with Crippen LogP contribution in [-0.2, 0) is 10.0 Å². The summed E-state index contributed by atoms with van der Waals surface area (Å²) in [4.78, 5) is 0. The van der Waals surface area contributed by atoms with E-state index in [-0.39, 0.29) is 11.7 Å². The molecule has 1 aromatic rings. The first kappa shape index (κ1) is 11.9. The van der Waals surface area contributed by atoms with Crippen molar-refractivity contribution in [1.82, 2.24) is 0 Å². The van der Waals surface area contributed by atoms with Gasteiger partial charge in [0.1, 0.15) is 6.07 Å². The van der Waals surface area contributed by atoms with Gasteiger partial charge in [0.15, 0.2) is 0 Å². The molecule has 2 rings (SSSR count). The number of sulfonamides is 1. The summed E-state index contributed by atoms with van der Waals surface area (Å²) in [5.41, 5.74) is 1.77. The van der Waals surface area contributed by atoms with E-state index in [9.17, 15) is 8.42 Å². The summed E-state index contributed by atoms with van der Waals surface area (Å²) in [6.45, 7) is 4.17. The van der Waals surface area contributed by atoms with Gasteiger partial charge in [-0.1, -0.05) is 19.1 Å². The Morgan fingerprint density at radius 1 is 1.47 bits per heavy atom. The first-order chi connectivity index (χ1) is 7.95. The SMILES string of the molecule is Cc1cccc(N2CC(C)CS2(=O)=O)c1C#N. The van der Waals surface area contributed by atoms with Gasteiger partial charge in [0, 0.05) is 6.54 Å². The van der Waals surface area contributed by atoms with Crippen LogP contribution in [0.15, 0.2) is 18.2 Å². The number of nitriles is 1. The highest BCUT2D eigenvalue weighted by Crippen LogP contribution is 2.30. The van der Waals surface area contributed by atoms with Gasteiger partial charge >= 0.3 is 0 Å². The summed E-state index contributed by atoms with van der Waals surface area (Å²) < 4.78 is 25.3. The second kappa shape index (κ2) is 4.04. The molecule has 1 unspecified atom stereocenters. The minimum atomic E-state index is -3.26. The van der Waals surface area contributed by atoms with Crippen molar-refractivity contribution in [3.63, 3.8) is 0 Å². The van der Waals surface area contributed by atoms with Crippen LogP contribution in [0.3, 0.4) is 0 Å². The smallest absolute Gasteiger partial charge is 0.235 e. The summed E-state index contributed by atoms with van der Waals surface area (Å²) in [7, 11) is -3.26. The Morgan fingerprint density at radius 2 is 2.18 bits per heavy atom. The van der Waals surface area contributed by atoms with Crippen LogP contribution >= 0.6 is 0 Å². The minimum absolute atomic E-state index is 0.104. The third-order valence-corrected chi connectivity index (χ3v) is 4.95. The lowest BCUT2D eigenvalue weighted by Crippen LogP contribution is -2.26. The lowest BCUT2D eigenvalue weighted by Gasteiger charge is -2.19. The van der Waals surface area contributed by atoms with E-state index in [0.29, 0.717) is 17.8 Å². The van der Waals surface area contributed by atoms with Crippen molar-refractivity contribution in [2.45, 2.75) is 13.8 Å². The zero-order valence-corrected chi connectivity index (χ0v) is 10.7. The highest BCUT2D eigenvalue weighted by atomic mass is 32.2. The fourth-order valence-corrected chi connectivity index (χ4v) is 4.09. The number of hydrogen-bond acceptors (Lipinski definition) is 3. The van der Waals surface area contributed by atoms with E-state index in [1.54, 1.807) is 12.1 Å². The van der Waals surface area contributed by atoms with Crippen LogP contribution in [0.2, 0.25) is 0 Å². The van der Waals surface area contributed by atoms with Gasteiger partial charge in [0.2, 0.25) is 10.0 Å². The Morgan fingerprint density at radius 3 is 2.71 bits per heavy atom. The molecule has 0 amide bonds. The molecule has 0 saturated carbocycles. The third kappa shape index (κ3) is 2.01. The van der Waals surface area contributed by atoms with E-state index in [2.05, 4.69) is 6.07 Å². The third-order valence-electron chi connectivity index (χ3n) is 2.94. The van der Waals surface area contributed by atoms with E-state index in [0.717, 1.165) is 5.56 Å². The Labute approximate surface area is 102 Å². The van der Waals surface area contributed by atoms with E-state index in [4.69, 9.17) is 5.26 Å². The van der Waals surface area contributed by atoms with Gasteiger partial charge in [-0.15, -0.1) is 0 Å². The average molecular weight is 250 g/mol. The number of benzene rings is 1. The maximum atomic E-state index is 12.0. The highest BCUT2D eigenvalue weighted by Gasteiger charge is 2.34. The zero-order chi connectivity index (χ0) is 12.6. The second-order valence-corrected chi connectivity index (χ2v) is 6.43. The zero-order valence-electron chi connectivity index (χ0n) is 9.84. The van der Waals surface area contributed by atoms with Crippen LogP contribution < -0.4 is 4.31 Å². The van der Waals surface area contributed by atoms with E-state index in [1.807, 2.05) is 19.9 Å². The second-order valence-electron chi connectivity index (χ2n) is 4.50. The molecule has 90 valence electrons. The number of nitrogens with zero attached hydrogens (tertiary/aromatic N) is 2. The van der Waals surface area contributed by atoms with Crippen molar-refractivity contribution in [3.05, 3.63) is 29.3 Å². The predicted octanol–water partition coefficient (Wildman–Crippen LogP) is 1.65. The Kier molecular flexibility index (Phi) is 2.84. The minimum Gasteiger partial charge on any atom is -0.269 e. The van der Waals surface area contributed by atoms with Crippen molar-refractivity contribution in [1.29, 1.82) is 5.26 Å². The first-order valence-corrected chi connectivity index (χ1v) is 7.07. The standard InChI is InChI=1S/C12H14N2O2S/c1-9-7-14(17(15,16)8-9)12-5-3-4-10(2)11(12)6-13/h3-5,9H,7-8H2,1-2H3. The molecule has 17 heavy (non-hydrogen) atoms. The lowest BCUT2D eigenvalue weighted by atomic mass is 10.1. The number of hydrogen-bond donors (Lipinski definition) is 0.